The van der Waals surface area contributed by atoms with E-state index in [1.807, 2.05) is 62.0 Å². The molecule has 1 aliphatic heterocycles. The number of rotatable bonds is 9. The Kier molecular flexibility index (Phi) is 8.00. The van der Waals surface area contributed by atoms with E-state index in [0.29, 0.717) is 38.9 Å². The average molecular weight is 435 g/mol. The second-order valence-electron chi connectivity index (χ2n) is 7.49. The predicted octanol–water partition coefficient (Wildman–Crippen LogP) is 6.73. The van der Waals surface area contributed by atoms with Crippen molar-refractivity contribution in [3.63, 3.8) is 0 Å². The van der Waals surface area contributed by atoms with Gasteiger partial charge in [0.1, 0.15) is 0 Å². The molecule has 1 aliphatic rings. The average Bonchev–Trinajstić information content (AvgIpc) is 2.77. The van der Waals surface area contributed by atoms with Crippen LogP contribution in [0.2, 0.25) is 0 Å². The van der Waals surface area contributed by atoms with E-state index in [1.54, 1.807) is 0 Å². The molecule has 0 aliphatic carbocycles. The van der Waals surface area contributed by atoms with Gasteiger partial charge in [0.05, 0.1) is 13.2 Å². The van der Waals surface area contributed by atoms with Gasteiger partial charge in [-0.25, -0.2) is 0 Å². The molecule has 0 spiro atoms. The van der Waals surface area contributed by atoms with Crippen LogP contribution in [0.1, 0.15) is 61.2 Å². The van der Waals surface area contributed by atoms with Crippen molar-refractivity contribution in [3.05, 3.63) is 71.8 Å². The van der Waals surface area contributed by atoms with E-state index in [1.165, 1.54) is 0 Å². The maximum atomic E-state index is 13.9. The van der Waals surface area contributed by atoms with Gasteiger partial charge in [-0.2, -0.15) is 0 Å². The highest BCUT2D eigenvalue weighted by molar-refractivity contribution is 7.99. The Hall–Kier alpha value is -1.10. The molecule has 2 aromatic carbocycles. The van der Waals surface area contributed by atoms with Crippen LogP contribution in [0.15, 0.2) is 60.7 Å². The molecule has 0 bridgehead atoms. The largest absolute Gasteiger partial charge is 0.377 e. The Bertz CT molecular complexity index is 740. The Morgan fingerprint density at radius 2 is 1.31 bits per heavy atom. The van der Waals surface area contributed by atoms with Crippen molar-refractivity contribution in [2.24, 2.45) is 0 Å². The van der Waals surface area contributed by atoms with E-state index >= 15 is 0 Å². The first-order chi connectivity index (χ1) is 14.0. The molecule has 29 heavy (non-hydrogen) atoms. The van der Waals surface area contributed by atoms with Gasteiger partial charge in [0.15, 0.2) is 5.34 Å². The van der Waals surface area contributed by atoms with Crippen molar-refractivity contribution >= 4 is 19.4 Å². The van der Waals surface area contributed by atoms with Crippen molar-refractivity contribution in [1.29, 1.82) is 0 Å². The summed E-state index contributed by atoms with van der Waals surface area (Å²) in [5.41, 5.74) is 2.24. The second-order valence-corrected chi connectivity index (χ2v) is 11.2. The molecular formula is C23H31O4PS. The quantitative estimate of drug-likeness (QED) is 0.443. The van der Waals surface area contributed by atoms with Gasteiger partial charge < -0.3 is 14.2 Å². The third-order valence-corrected chi connectivity index (χ3v) is 9.10. The topological polar surface area (TPSA) is 55.8 Å². The maximum Gasteiger partial charge on any atom is 0.362 e. The molecular weight excluding hydrogens is 403 g/mol. The van der Waals surface area contributed by atoms with Gasteiger partial charge in [-0.1, -0.05) is 74.5 Å². The van der Waals surface area contributed by atoms with Gasteiger partial charge >= 0.3 is 7.60 Å². The molecule has 0 saturated carbocycles. The summed E-state index contributed by atoms with van der Waals surface area (Å²) in [6, 6.07) is 20.2. The van der Waals surface area contributed by atoms with Gasteiger partial charge in [0, 0.05) is 23.3 Å². The minimum absolute atomic E-state index is 0.00364. The van der Waals surface area contributed by atoms with Gasteiger partial charge in [-0.15, -0.1) is 11.8 Å². The number of hydrogen-bond acceptors (Lipinski definition) is 5. The number of benzene rings is 2. The van der Waals surface area contributed by atoms with Crippen LogP contribution in [0.5, 0.6) is 0 Å². The van der Waals surface area contributed by atoms with Gasteiger partial charge in [0.25, 0.3) is 0 Å². The molecule has 0 aromatic heterocycles. The number of hydrogen-bond donors (Lipinski definition) is 1. The molecule has 2 aromatic rings. The predicted molar refractivity (Wildman–Crippen MR) is 120 cm³/mol. The van der Waals surface area contributed by atoms with Crippen LogP contribution in [0.3, 0.4) is 0 Å². The molecule has 1 unspecified atom stereocenters. The molecule has 4 nitrogen and oxygen atoms in total. The summed E-state index contributed by atoms with van der Waals surface area (Å²) in [4.78, 5) is 0. The highest BCUT2D eigenvalue weighted by Gasteiger charge is 2.55. The summed E-state index contributed by atoms with van der Waals surface area (Å²) < 4.78 is 25.4. The minimum Gasteiger partial charge on any atom is -0.377 e. The molecule has 158 valence electrons. The second kappa shape index (κ2) is 10.3. The van der Waals surface area contributed by atoms with Crippen molar-refractivity contribution in [2.45, 2.75) is 55.4 Å². The van der Waals surface area contributed by atoms with Crippen molar-refractivity contribution in [2.75, 3.05) is 13.2 Å². The normalized spacial score (nSPS) is 25.1. The van der Waals surface area contributed by atoms with Crippen molar-refractivity contribution in [1.82, 2.24) is 0 Å². The standard InChI is InChI=1S/C23H31O4PS/c1-3-15-26-28(25,27-16-4-2)23(24)17-21(19-11-7-5-8-12-19)29-22(18-23)20-13-9-6-10-14-20/h5-14,21-22,24H,3-4,15-18H2,1-2H3/t21-,22+,23?. The fourth-order valence-electron chi connectivity index (χ4n) is 3.62. The third kappa shape index (κ3) is 5.34. The summed E-state index contributed by atoms with van der Waals surface area (Å²) >= 11 is 1.81. The van der Waals surface area contributed by atoms with E-state index in [9.17, 15) is 9.67 Å². The van der Waals surface area contributed by atoms with E-state index in [4.69, 9.17) is 9.05 Å². The van der Waals surface area contributed by atoms with E-state index in [0.717, 1.165) is 11.1 Å². The molecule has 1 fully saturated rings. The van der Waals surface area contributed by atoms with Crippen molar-refractivity contribution in [3.8, 4) is 0 Å². The Balaban J connectivity index is 1.98. The molecule has 0 radical (unpaired) electrons. The zero-order valence-electron chi connectivity index (χ0n) is 17.2. The molecule has 1 heterocycles. The zero-order valence-corrected chi connectivity index (χ0v) is 18.9. The lowest BCUT2D eigenvalue weighted by atomic mass is 9.98. The monoisotopic (exact) mass is 434 g/mol. The van der Waals surface area contributed by atoms with Crippen molar-refractivity contribution < 1.29 is 18.7 Å². The van der Waals surface area contributed by atoms with E-state index < -0.39 is 12.9 Å². The molecule has 3 rings (SSSR count). The zero-order chi connectivity index (χ0) is 20.7. The smallest absolute Gasteiger partial charge is 0.362 e. The SMILES string of the molecule is CCCOP(=O)(OCCC)C1(O)C[C@@H](c2ccccc2)S[C@@H](c2ccccc2)C1. The summed E-state index contributed by atoms with van der Waals surface area (Å²) in [7, 11) is -3.71. The molecule has 0 amide bonds. The fourth-order valence-corrected chi connectivity index (χ4v) is 7.85. The Morgan fingerprint density at radius 1 is 0.897 bits per heavy atom. The van der Waals surface area contributed by atoms with Gasteiger partial charge in [-0.3, -0.25) is 4.57 Å². The third-order valence-electron chi connectivity index (χ3n) is 5.14. The van der Waals surface area contributed by atoms with E-state index in [-0.39, 0.29) is 10.5 Å². The summed E-state index contributed by atoms with van der Waals surface area (Å²) in [5, 5.41) is 10.3. The molecule has 1 N–H and O–H groups in total. The lowest BCUT2D eigenvalue weighted by Crippen LogP contribution is -2.37. The lowest BCUT2D eigenvalue weighted by Gasteiger charge is -2.43. The first-order valence-corrected chi connectivity index (χ1v) is 12.9. The highest BCUT2D eigenvalue weighted by atomic mass is 32.2. The summed E-state index contributed by atoms with van der Waals surface area (Å²) in [6.07, 6.45) is 2.12. The number of thioether (sulfide) groups is 1. The lowest BCUT2D eigenvalue weighted by molar-refractivity contribution is 0.0464. The highest BCUT2D eigenvalue weighted by Crippen LogP contribution is 2.69. The fraction of sp³-hybridized carbons (Fsp3) is 0.478. The van der Waals surface area contributed by atoms with Crippen LogP contribution in [0, 0.1) is 0 Å². The summed E-state index contributed by atoms with van der Waals surface area (Å²) in [5.74, 6) is 0. The van der Waals surface area contributed by atoms with Crippen LogP contribution in [0.4, 0.5) is 0 Å². The first-order valence-electron chi connectivity index (χ1n) is 10.4. The van der Waals surface area contributed by atoms with E-state index in [2.05, 4.69) is 24.3 Å². The summed E-state index contributed by atoms with van der Waals surface area (Å²) in [6.45, 7) is 4.54. The Morgan fingerprint density at radius 3 is 1.69 bits per heavy atom. The molecule has 1 saturated heterocycles. The molecule has 3 atom stereocenters. The minimum atomic E-state index is -3.71. The molecule has 6 heteroatoms. The maximum absolute atomic E-state index is 13.9. The van der Waals surface area contributed by atoms with Crippen LogP contribution in [-0.4, -0.2) is 23.7 Å². The van der Waals surface area contributed by atoms with Crippen LogP contribution in [-0.2, 0) is 13.6 Å². The van der Waals surface area contributed by atoms with Gasteiger partial charge in [0.2, 0.25) is 0 Å². The van der Waals surface area contributed by atoms with Crippen LogP contribution < -0.4 is 0 Å². The van der Waals surface area contributed by atoms with Gasteiger partial charge in [-0.05, 0) is 24.0 Å². The van der Waals surface area contributed by atoms with Crippen LogP contribution >= 0.6 is 19.4 Å². The first kappa shape index (κ1) is 22.6. The van der Waals surface area contributed by atoms with Crippen LogP contribution in [0.25, 0.3) is 0 Å². The number of aliphatic hydroxyl groups is 1. The Labute approximate surface area is 178 Å².